The molecule has 0 fully saturated rings. The third-order valence-electron chi connectivity index (χ3n) is 3.80. The van der Waals surface area contributed by atoms with Crippen molar-refractivity contribution in [2.75, 3.05) is 5.32 Å². The number of hydrogen-bond acceptors (Lipinski definition) is 4. The van der Waals surface area contributed by atoms with E-state index in [2.05, 4.69) is 31.4 Å². The first-order valence-electron chi connectivity index (χ1n) is 8.08. The summed E-state index contributed by atoms with van der Waals surface area (Å²) in [6, 6.07) is 11.5. The number of rotatable bonds is 5. The Kier molecular flexibility index (Phi) is 4.86. The minimum Gasteiger partial charge on any atom is -0.460 e. The van der Waals surface area contributed by atoms with E-state index in [1.165, 1.54) is 0 Å². The van der Waals surface area contributed by atoms with Crippen molar-refractivity contribution < 1.29 is 9.53 Å². The summed E-state index contributed by atoms with van der Waals surface area (Å²) < 4.78 is 9.87. The van der Waals surface area contributed by atoms with E-state index in [1.54, 1.807) is 42.5 Å². The van der Waals surface area contributed by atoms with Crippen LogP contribution in [0.15, 0.2) is 47.1 Å². The molecule has 0 aliphatic rings. The van der Waals surface area contributed by atoms with Crippen molar-refractivity contribution in [2.24, 2.45) is 7.05 Å². The largest absolute Gasteiger partial charge is 0.460 e. The summed E-state index contributed by atoms with van der Waals surface area (Å²) in [7, 11) is 1.77. The molecule has 2 heterocycles. The zero-order valence-corrected chi connectivity index (χ0v) is 16.6. The fourth-order valence-corrected chi connectivity index (χ4v) is 2.76. The van der Waals surface area contributed by atoms with Gasteiger partial charge in [0.05, 0.1) is 15.9 Å². The molecule has 3 aromatic rings. The van der Waals surface area contributed by atoms with Crippen LogP contribution >= 0.6 is 15.9 Å². The average molecular weight is 418 g/mol. The van der Waals surface area contributed by atoms with Gasteiger partial charge >= 0.3 is 0 Å². The predicted octanol–water partition coefficient (Wildman–Crippen LogP) is 3.47. The van der Waals surface area contributed by atoms with Crippen LogP contribution in [0.2, 0.25) is 0 Å². The maximum absolute atomic E-state index is 12.7. The minimum atomic E-state index is -1.13. The van der Waals surface area contributed by atoms with Gasteiger partial charge in [-0.2, -0.15) is 5.10 Å². The maximum Gasteiger partial charge on any atom is 0.269 e. The third-order valence-corrected chi connectivity index (χ3v) is 4.35. The smallest absolute Gasteiger partial charge is 0.269 e. The van der Waals surface area contributed by atoms with E-state index in [-0.39, 0.29) is 5.91 Å². The summed E-state index contributed by atoms with van der Waals surface area (Å²) in [6.45, 7) is 5.25. The molecule has 0 atom stereocenters. The van der Waals surface area contributed by atoms with Gasteiger partial charge in [-0.3, -0.25) is 9.48 Å². The second-order valence-corrected chi connectivity index (χ2v) is 7.28. The third kappa shape index (κ3) is 3.80. The molecule has 1 N–H and O–H groups in total. The lowest BCUT2D eigenvalue weighted by atomic mass is 10.1. The van der Waals surface area contributed by atoms with Gasteiger partial charge in [-0.1, -0.05) is 18.2 Å². The highest BCUT2D eigenvalue weighted by Crippen LogP contribution is 2.28. The summed E-state index contributed by atoms with van der Waals surface area (Å²) in [6.07, 6.45) is 1.79. The van der Waals surface area contributed by atoms with Gasteiger partial charge in [0.15, 0.2) is 5.60 Å². The highest BCUT2D eigenvalue weighted by molar-refractivity contribution is 9.10. The fraction of sp³-hybridized carbons (Fsp3) is 0.278. The Balaban J connectivity index is 1.77. The van der Waals surface area contributed by atoms with Gasteiger partial charge < -0.3 is 10.1 Å². The van der Waals surface area contributed by atoms with Gasteiger partial charge in [0.2, 0.25) is 5.88 Å². The highest BCUT2D eigenvalue weighted by atomic mass is 79.9. The first-order chi connectivity index (χ1) is 12.3. The van der Waals surface area contributed by atoms with E-state index in [0.29, 0.717) is 16.2 Å². The number of aryl methyl sites for hydroxylation is 2. The lowest BCUT2D eigenvalue weighted by Crippen LogP contribution is -2.43. The first kappa shape index (κ1) is 18.2. The van der Waals surface area contributed by atoms with Gasteiger partial charge in [-0.25, -0.2) is 4.68 Å². The summed E-state index contributed by atoms with van der Waals surface area (Å²) in [5.74, 6) is 0.662. The number of carbonyl (C=O) groups is 1. The Labute approximate surface area is 160 Å². The second kappa shape index (κ2) is 6.95. The molecule has 8 heteroatoms. The van der Waals surface area contributed by atoms with Crippen LogP contribution in [0.25, 0.3) is 5.69 Å². The molecule has 1 aromatic carbocycles. The van der Waals surface area contributed by atoms with Crippen LogP contribution in [0.4, 0.5) is 5.82 Å². The number of hydrogen-bond donors (Lipinski definition) is 1. The highest BCUT2D eigenvalue weighted by Gasteiger charge is 2.32. The molecule has 0 unspecified atom stereocenters. The number of carbonyl (C=O) groups excluding carboxylic acids is 1. The fourth-order valence-electron chi connectivity index (χ4n) is 2.40. The van der Waals surface area contributed by atoms with E-state index >= 15 is 0 Å². The van der Waals surface area contributed by atoms with E-state index in [4.69, 9.17) is 4.74 Å². The Morgan fingerprint density at radius 2 is 1.92 bits per heavy atom. The van der Waals surface area contributed by atoms with E-state index in [1.807, 2.05) is 37.3 Å². The molecule has 136 valence electrons. The molecule has 0 saturated heterocycles. The monoisotopic (exact) mass is 417 g/mol. The van der Waals surface area contributed by atoms with Crippen molar-refractivity contribution in [3.8, 4) is 11.6 Å². The lowest BCUT2D eigenvalue weighted by Gasteiger charge is -2.24. The minimum absolute atomic E-state index is 0.290. The van der Waals surface area contributed by atoms with E-state index in [9.17, 15) is 4.79 Å². The van der Waals surface area contributed by atoms with Gasteiger partial charge in [0, 0.05) is 19.3 Å². The van der Waals surface area contributed by atoms with Gasteiger partial charge in [-0.05, 0) is 48.8 Å². The summed E-state index contributed by atoms with van der Waals surface area (Å²) in [5.41, 5.74) is 0.595. The molecule has 2 aromatic heterocycles. The van der Waals surface area contributed by atoms with Crippen LogP contribution in [0.3, 0.4) is 0 Å². The zero-order chi connectivity index (χ0) is 18.9. The molecule has 7 nitrogen and oxygen atoms in total. The standard InChI is InChI=1S/C18H20BrN5O2/c1-12-10-15(23(4)21-12)20-17(25)18(2,3)26-16-14(19)11-24(22-16)13-8-6-5-7-9-13/h5-11H,1-4H3,(H,20,25). The van der Waals surface area contributed by atoms with Crippen LogP contribution < -0.4 is 10.1 Å². The van der Waals surface area contributed by atoms with Crippen molar-refractivity contribution in [3.05, 3.63) is 52.8 Å². The predicted molar refractivity (Wildman–Crippen MR) is 103 cm³/mol. The number of benzene rings is 1. The molecule has 26 heavy (non-hydrogen) atoms. The molecule has 3 rings (SSSR count). The van der Waals surface area contributed by atoms with Crippen LogP contribution in [0.1, 0.15) is 19.5 Å². The molecule has 0 spiro atoms. The normalized spacial score (nSPS) is 11.4. The molecule has 0 aliphatic carbocycles. The van der Waals surface area contributed by atoms with Crippen LogP contribution in [-0.4, -0.2) is 31.1 Å². The van der Waals surface area contributed by atoms with Crippen molar-refractivity contribution in [3.63, 3.8) is 0 Å². The number of amides is 1. The second-order valence-electron chi connectivity index (χ2n) is 6.42. The van der Waals surface area contributed by atoms with Crippen LogP contribution in [-0.2, 0) is 11.8 Å². The molecular weight excluding hydrogens is 398 g/mol. The van der Waals surface area contributed by atoms with Gasteiger partial charge in [0.25, 0.3) is 5.91 Å². The Hall–Kier alpha value is -2.61. The summed E-state index contributed by atoms with van der Waals surface area (Å²) in [4.78, 5) is 12.7. The van der Waals surface area contributed by atoms with Crippen molar-refractivity contribution in [2.45, 2.75) is 26.4 Å². The van der Waals surface area contributed by atoms with Crippen molar-refractivity contribution >= 4 is 27.7 Å². The number of halogens is 1. The number of nitrogens with zero attached hydrogens (tertiary/aromatic N) is 4. The Morgan fingerprint density at radius 3 is 2.54 bits per heavy atom. The number of anilines is 1. The number of ether oxygens (including phenoxy) is 1. The summed E-state index contributed by atoms with van der Waals surface area (Å²) in [5, 5.41) is 11.5. The Bertz CT molecular complexity index is 930. The number of aromatic nitrogens is 4. The molecule has 0 aliphatic heterocycles. The number of para-hydroxylation sites is 1. The first-order valence-corrected chi connectivity index (χ1v) is 8.87. The Morgan fingerprint density at radius 1 is 1.23 bits per heavy atom. The van der Waals surface area contributed by atoms with Crippen molar-refractivity contribution in [1.82, 2.24) is 19.6 Å². The van der Waals surface area contributed by atoms with Crippen LogP contribution in [0, 0.1) is 6.92 Å². The van der Waals surface area contributed by atoms with Crippen LogP contribution in [0.5, 0.6) is 5.88 Å². The molecule has 0 bridgehead atoms. The quantitative estimate of drug-likeness (QED) is 0.689. The van der Waals surface area contributed by atoms with Crippen molar-refractivity contribution in [1.29, 1.82) is 0 Å². The molecular formula is C18H20BrN5O2. The SMILES string of the molecule is Cc1cc(NC(=O)C(C)(C)Oc2nn(-c3ccccc3)cc2Br)n(C)n1. The van der Waals surface area contributed by atoms with Gasteiger partial charge in [-0.15, -0.1) is 5.10 Å². The molecule has 1 amide bonds. The lowest BCUT2D eigenvalue weighted by molar-refractivity contribution is -0.128. The van der Waals surface area contributed by atoms with E-state index in [0.717, 1.165) is 11.4 Å². The number of nitrogens with one attached hydrogen (secondary N) is 1. The zero-order valence-electron chi connectivity index (χ0n) is 15.0. The van der Waals surface area contributed by atoms with E-state index < -0.39 is 5.60 Å². The maximum atomic E-state index is 12.7. The summed E-state index contributed by atoms with van der Waals surface area (Å²) >= 11 is 3.44. The topological polar surface area (TPSA) is 74.0 Å². The molecule has 0 saturated carbocycles. The molecule has 0 radical (unpaired) electrons. The van der Waals surface area contributed by atoms with Gasteiger partial charge in [0.1, 0.15) is 5.82 Å². The average Bonchev–Trinajstić information content (AvgIpc) is 3.10.